The monoisotopic (exact) mass is 698 g/mol. The van der Waals surface area contributed by atoms with Crippen molar-refractivity contribution in [1.29, 1.82) is 0 Å². The summed E-state index contributed by atoms with van der Waals surface area (Å²) in [6.07, 6.45) is -8.69. The fourth-order valence-electron chi connectivity index (χ4n) is 5.47. The number of nitrogens with two attached hydrogens (primary N) is 2. The molecule has 0 amide bonds. The Bertz CT molecular complexity index is 2000. The Kier molecular flexibility index (Phi) is 8.83. The number of phosphoric acid groups is 1. The summed E-state index contributed by atoms with van der Waals surface area (Å²) in [5.41, 5.74) is 11.1. The number of nitrogens with zero attached hydrogens (tertiary/aromatic N) is 6. The maximum Gasteiger partial charge on any atom is 0.695 e. The van der Waals surface area contributed by atoms with Gasteiger partial charge in [-0.15, -0.1) is 9.42 Å². The maximum atomic E-state index is 13.2. The van der Waals surface area contributed by atoms with Gasteiger partial charge < -0.3 is 45.7 Å². The van der Waals surface area contributed by atoms with E-state index in [2.05, 4.69) is 24.8 Å². The number of aromatic amines is 1. The van der Waals surface area contributed by atoms with Gasteiger partial charge in [-0.2, -0.15) is 4.98 Å². The fraction of sp³-hybridized carbons (Fsp3) is 0.435. The molecule has 10 atom stereocenters. The van der Waals surface area contributed by atoms with Crippen LogP contribution in [-0.4, -0.2) is 104 Å². The van der Waals surface area contributed by atoms with Gasteiger partial charge in [0.1, 0.15) is 36.2 Å². The quantitative estimate of drug-likeness (QED) is 0.0722. The second kappa shape index (κ2) is 12.6. The Labute approximate surface area is 262 Å². The molecule has 0 saturated carbocycles. The number of nitrogens with one attached hydrogen (secondary N) is 1. The molecular weight excluding hydrogens is 672 g/mol. The number of aliphatic hydroxyl groups excluding tert-OH is 3. The number of hydrogen-bond donors (Lipinski definition) is 8. The van der Waals surface area contributed by atoms with E-state index in [0.29, 0.717) is 0 Å². The van der Waals surface area contributed by atoms with E-state index in [1.165, 1.54) is 23.0 Å². The first-order chi connectivity index (χ1) is 22.3. The summed E-state index contributed by atoms with van der Waals surface area (Å²) >= 11 is 0. The average Bonchev–Trinajstić information content (AvgIpc) is 3.76. The second-order valence-corrected chi connectivity index (χ2v) is 12.4. The fourth-order valence-corrected chi connectivity index (χ4v) is 6.87. The number of aromatic nitrogens is 6. The average molecular weight is 698 g/mol. The first-order valence-corrected chi connectivity index (χ1v) is 16.1. The summed E-state index contributed by atoms with van der Waals surface area (Å²) in [5, 5.41) is 31.8. The second-order valence-electron chi connectivity index (χ2n) is 10.3. The molecule has 0 aromatic carbocycles. The highest BCUT2D eigenvalue weighted by atomic mass is 31.2. The third-order valence-electron chi connectivity index (χ3n) is 7.52. The van der Waals surface area contributed by atoms with Crippen molar-refractivity contribution in [2.75, 3.05) is 24.7 Å². The molecule has 0 radical (unpaired) electrons. The standard InChI is InChI=1S/C23H25N9O13P2/c1-26-9-4-31(18-12(9)8(24)2-3-27-18)21-15(35)16(44-46(37)38)11(43-21)6-41-47(39,40)45-17-14(34)10(5-33)42-22(17)32-7-28-13-19(32)29-23(25)30-20(13)36/h2-4,7,10-11,14-17,21-22,33-35H,5-6H2,(H6-,24,25,27,29,30,36,37,38,39,40)/p+1/t10-,11-,14-,15-,16-,17-,21-,22-/m1/s1. The van der Waals surface area contributed by atoms with Gasteiger partial charge in [0.25, 0.3) is 5.56 Å². The number of rotatable bonds is 10. The number of anilines is 2. The molecule has 0 aliphatic carbocycles. The van der Waals surface area contributed by atoms with Crippen LogP contribution in [0.5, 0.6) is 0 Å². The first kappa shape index (κ1) is 33.0. The number of ether oxygens (including phenoxy) is 2. The van der Waals surface area contributed by atoms with Gasteiger partial charge in [-0.3, -0.25) is 23.4 Å². The number of aliphatic hydroxyl groups is 3. The molecule has 22 nitrogen and oxygen atoms in total. The van der Waals surface area contributed by atoms with Crippen molar-refractivity contribution < 1.29 is 57.3 Å². The van der Waals surface area contributed by atoms with Gasteiger partial charge in [0, 0.05) is 28.0 Å². The molecule has 2 saturated heterocycles. The third-order valence-corrected chi connectivity index (χ3v) is 8.92. The molecule has 2 aliphatic rings. The van der Waals surface area contributed by atoms with Gasteiger partial charge in [-0.25, -0.2) is 19.4 Å². The number of hydrogen-bond acceptors (Lipinski definition) is 16. The lowest BCUT2D eigenvalue weighted by atomic mass is 10.1. The molecule has 0 bridgehead atoms. The molecule has 4 aromatic heterocycles. The molecule has 2 aliphatic heterocycles. The summed E-state index contributed by atoms with van der Waals surface area (Å²) < 4.78 is 54.0. The van der Waals surface area contributed by atoms with E-state index < -0.39 is 83.9 Å². The van der Waals surface area contributed by atoms with Crippen molar-refractivity contribution in [2.45, 2.75) is 49.1 Å². The van der Waals surface area contributed by atoms with Gasteiger partial charge in [-0.05, 0) is 6.07 Å². The van der Waals surface area contributed by atoms with Crippen LogP contribution < -0.4 is 17.0 Å². The SMILES string of the molecule is [C-]#[N+]c1cn([C@@H]2O[C@H](COP(=O)(O)O[C@@H]3[C@H](O)[C@@H](CO)O[C@H]3n3cnc4c(=O)[nH]c(N)nc43)[C@@H](O[P+](=O)O)[C@H]2O)c2nccc(N)c12. The molecule has 2 unspecified atom stereocenters. The van der Waals surface area contributed by atoms with Crippen molar-refractivity contribution in [3.05, 3.63) is 46.6 Å². The molecule has 0 spiro atoms. The van der Waals surface area contributed by atoms with E-state index in [4.69, 9.17) is 41.1 Å². The summed E-state index contributed by atoms with van der Waals surface area (Å²) in [6, 6.07) is 1.46. The Hall–Kier alpha value is -3.94. The molecule has 47 heavy (non-hydrogen) atoms. The number of pyridine rings is 1. The summed E-state index contributed by atoms with van der Waals surface area (Å²) in [6.45, 7) is 5.86. The summed E-state index contributed by atoms with van der Waals surface area (Å²) in [7, 11) is -8.52. The normalized spacial score (nSPS) is 29.3. The Balaban J connectivity index is 1.24. The minimum atomic E-state index is -5.20. The van der Waals surface area contributed by atoms with Gasteiger partial charge in [-0.1, -0.05) is 0 Å². The summed E-state index contributed by atoms with van der Waals surface area (Å²) in [5.74, 6) is -0.286. The van der Waals surface area contributed by atoms with E-state index in [1.807, 2.05) is 0 Å². The van der Waals surface area contributed by atoms with Crippen LogP contribution in [0.2, 0.25) is 0 Å². The van der Waals surface area contributed by atoms with E-state index in [0.717, 1.165) is 10.9 Å². The van der Waals surface area contributed by atoms with E-state index in [-0.39, 0.29) is 39.5 Å². The zero-order valence-electron chi connectivity index (χ0n) is 23.6. The van der Waals surface area contributed by atoms with Gasteiger partial charge >= 0.3 is 16.1 Å². The van der Waals surface area contributed by atoms with Crippen LogP contribution in [-0.2, 0) is 32.2 Å². The lowest BCUT2D eigenvalue weighted by Crippen LogP contribution is -2.36. The lowest BCUT2D eigenvalue weighted by molar-refractivity contribution is -0.0607. The van der Waals surface area contributed by atoms with Gasteiger partial charge in [0.15, 0.2) is 29.7 Å². The molecular formula is C23H26N9O13P2+. The highest BCUT2D eigenvalue weighted by Crippen LogP contribution is 2.50. The van der Waals surface area contributed by atoms with Crippen LogP contribution in [0.4, 0.5) is 17.3 Å². The zero-order chi connectivity index (χ0) is 33.8. The molecule has 4 aromatic rings. The Morgan fingerprint density at radius 1 is 1.13 bits per heavy atom. The largest absolute Gasteiger partial charge is 0.695 e. The zero-order valence-corrected chi connectivity index (χ0v) is 25.4. The molecule has 24 heteroatoms. The van der Waals surface area contributed by atoms with Crippen molar-refractivity contribution in [2.24, 2.45) is 0 Å². The van der Waals surface area contributed by atoms with E-state index in [1.54, 1.807) is 0 Å². The number of fused-ring (bicyclic) bond motifs is 2. The smallest absolute Gasteiger partial charge is 0.399 e. The third kappa shape index (κ3) is 6.00. The number of H-pyrrole nitrogens is 1. The van der Waals surface area contributed by atoms with Crippen molar-refractivity contribution >= 4 is 55.6 Å². The summed E-state index contributed by atoms with van der Waals surface area (Å²) in [4.78, 5) is 50.2. The van der Waals surface area contributed by atoms with Crippen molar-refractivity contribution in [3.8, 4) is 0 Å². The topological polar surface area (TPSA) is 319 Å². The maximum absolute atomic E-state index is 13.2. The Morgan fingerprint density at radius 2 is 1.87 bits per heavy atom. The van der Waals surface area contributed by atoms with Crippen LogP contribution >= 0.6 is 16.1 Å². The van der Waals surface area contributed by atoms with Gasteiger partial charge in [0.05, 0.1) is 26.1 Å². The number of imidazole rings is 1. The first-order valence-electron chi connectivity index (χ1n) is 13.4. The minimum absolute atomic E-state index is 0.0707. The predicted molar refractivity (Wildman–Crippen MR) is 155 cm³/mol. The Morgan fingerprint density at radius 3 is 2.57 bits per heavy atom. The molecule has 2 fully saturated rings. The highest BCUT2D eigenvalue weighted by Gasteiger charge is 2.53. The van der Waals surface area contributed by atoms with Crippen LogP contribution in [0.1, 0.15) is 12.5 Å². The van der Waals surface area contributed by atoms with Crippen molar-refractivity contribution in [1.82, 2.24) is 29.1 Å². The van der Waals surface area contributed by atoms with Crippen LogP contribution in [0, 0.1) is 6.57 Å². The van der Waals surface area contributed by atoms with Gasteiger partial charge in [0.2, 0.25) is 11.6 Å². The number of phosphoric ester groups is 1. The molecule has 6 heterocycles. The minimum Gasteiger partial charge on any atom is -0.399 e. The lowest BCUT2D eigenvalue weighted by Gasteiger charge is -2.24. The molecule has 250 valence electrons. The highest BCUT2D eigenvalue weighted by molar-refractivity contribution is 7.47. The number of nitrogen functional groups attached to an aromatic ring is 2. The molecule has 10 N–H and O–H groups in total. The van der Waals surface area contributed by atoms with Crippen LogP contribution in [0.15, 0.2) is 29.6 Å². The van der Waals surface area contributed by atoms with Crippen molar-refractivity contribution in [3.63, 3.8) is 0 Å². The van der Waals surface area contributed by atoms with E-state index >= 15 is 0 Å². The predicted octanol–water partition coefficient (Wildman–Crippen LogP) is -1.07. The van der Waals surface area contributed by atoms with Crippen LogP contribution in [0.3, 0.4) is 0 Å². The molecule has 6 rings (SSSR count). The van der Waals surface area contributed by atoms with Crippen LogP contribution in [0.25, 0.3) is 27.0 Å². The van der Waals surface area contributed by atoms with E-state index in [9.17, 15) is 39.0 Å².